The second kappa shape index (κ2) is 32.7. The minimum absolute atomic E-state index is 0.0121. The van der Waals surface area contributed by atoms with Crippen molar-refractivity contribution in [3.8, 4) is 22.5 Å². The summed E-state index contributed by atoms with van der Waals surface area (Å²) in [5.74, 6) is 0. The van der Waals surface area contributed by atoms with E-state index in [0.29, 0.717) is 5.56 Å². The molecule has 694 valence electrons. The summed E-state index contributed by atoms with van der Waals surface area (Å²) in [5.41, 5.74) is 36.6. The molecule has 26 aromatic rings. The SMILES string of the molecule is Cc1cccc2c1c1cccc(C)c1c1n2cc[n+]1C.Cc1cccc2c3cccc4c3[n+]3c(c(C)n(C)c3c12)C(C)(C)C4(C)C.Cc1cccc2c3cccc4c3n3c(c(-c5ccccc5)[n+](C)c3c12)C(C)(C)C4(C)C.Cc1cccc2c3ccccc3[n+]3cc(-c4ccccc4)n(C)c3c12.Cc1cccc2c3ccccc3n3cc[n+](C)c3c12.[2H]C([2H])([2H])c1cccc2c1c1cccc(C)c1c1n2cc[n+]1C. The fourth-order valence-electron chi connectivity index (χ4n) is 24.8. The average Bonchev–Trinajstić information content (AvgIpc) is 1.49. The van der Waals surface area contributed by atoms with Crippen molar-refractivity contribution in [1.29, 1.82) is 0 Å². The molecule has 0 fully saturated rings. The summed E-state index contributed by atoms with van der Waals surface area (Å²) in [6, 6.07) is 104. The largest absolute Gasteiger partial charge is 0.295 e. The zero-order valence-electron chi connectivity index (χ0n) is 88.1. The maximum Gasteiger partial charge on any atom is 0.295 e. The number of fused-ring (bicyclic) bond motifs is 30. The molecule has 12 aromatic heterocycles. The highest BCUT2D eigenvalue weighted by molar-refractivity contribution is 6.18. The van der Waals surface area contributed by atoms with Crippen LogP contribution in [0.5, 0.6) is 0 Å². The molecule has 0 unspecified atom stereocenters. The van der Waals surface area contributed by atoms with E-state index < -0.39 is 6.85 Å². The standard InChI is InChI=1S/C29H29N2.C24H27N2.C23H19N2.2C18H17N2.C17H15N2/c1-18-12-10-15-20-21-16-11-17-22-25(21)31-26(29(4,5)28(22,2)3)24(19-13-8-7-9-14-19)30(6)27(31)23(18)20;1-14-10-8-11-16-17-12-9-13-18-20(17)26-21(24(5,6)23(18,3)4)15(2)25(7)22(26)19(14)16;1-16-9-8-13-19-18-12-6-7-14-20(18)25-15-21(17-10-4-3-5-11-17)24(2)23(25)22(16)19;2*1-12-7-5-9-15-16(12)14-8-4-6-13(2)17(14)18-19(3)10-11-20(15)18;1-12-6-5-8-14-13-7-3-4-9-15(13)19-11-10-18(2)17(19)16(12)14/h7-17H,1-6H3;8-13H,1-7H3;3-15H,1-2H3;2*4-11H,1-3H3;3-11H,1-2H3/q6*+1/i;;;1D3;;. The lowest BCUT2D eigenvalue weighted by atomic mass is 9.60. The van der Waals surface area contributed by atoms with Gasteiger partial charge in [-0.05, 0) is 124 Å². The Morgan fingerprint density at radius 1 is 0.291 bits per heavy atom. The molecule has 2 aliphatic rings. The topological polar surface area (TPSA) is 51.2 Å². The molecule has 0 saturated carbocycles. The summed E-state index contributed by atoms with van der Waals surface area (Å²) in [7, 11) is 12.9. The maximum atomic E-state index is 7.92. The Morgan fingerprint density at radius 3 is 1.20 bits per heavy atom. The van der Waals surface area contributed by atoms with Crippen LogP contribution in [0.3, 0.4) is 0 Å². The molecule has 12 heteroatoms. The molecule has 0 spiro atoms. The van der Waals surface area contributed by atoms with E-state index in [4.69, 9.17) is 4.11 Å². The highest BCUT2D eigenvalue weighted by atomic mass is 15.2. The van der Waals surface area contributed by atoms with Gasteiger partial charge in [-0.1, -0.05) is 322 Å². The van der Waals surface area contributed by atoms with Gasteiger partial charge in [-0.25, -0.2) is 27.4 Å². The van der Waals surface area contributed by atoms with Crippen molar-refractivity contribution < 1.29 is 31.2 Å². The van der Waals surface area contributed by atoms with E-state index >= 15 is 0 Å². The van der Waals surface area contributed by atoms with Gasteiger partial charge in [0.05, 0.1) is 74.6 Å². The molecular weight excluding hydrogens is 1720 g/mol. The van der Waals surface area contributed by atoms with E-state index in [2.05, 4.69) is 492 Å². The maximum absolute atomic E-state index is 7.92. The minimum Gasteiger partial charge on any atom is -0.232 e. The van der Waals surface area contributed by atoms with Gasteiger partial charge in [0.25, 0.3) is 33.9 Å². The number of rotatable bonds is 2. The van der Waals surface area contributed by atoms with Crippen LogP contribution in [0.1, 0.15) is 132 Å². The van der Waals surface area contributed by atoms with Crippen LogP contribution in [0.15, 0.2) is 335 Å². The van der Waals surface area contributed by atoms with Gasteiger partial charge in [0, 0.05) is 120 Å². The summed E-state index contributed by atoms with van der Waals surface area (Å²) >= 11 is 0. The summed E-state index contributed by atoms with van der Waals surface area (Å²) in [4.78, 5) is 0. The number of aromatic nitrogens is 12. The molecule has 0 bridgehead atoms. The van der Waals surface area contributed by atoms with E-state index in [1.165, 1.54) is 221 Å². The smallest absolute Gasteiger partial charge is 0.232 e. The van der Waals surface area contributed by atoms with Crippen LogP contribution in [-0.4, -0.2) is 26.7 Å². The number of para-hydroxylation sites is 4. The van der Waals surface area contributed by atoms with Gasteiger partial charge in [-0.2, -0.15) is 26.4 Å². The van der Waals surface area contributed by atoms with Gasteiger partial charge in [-0.3, -0.25) is 0 Å². The second-order valence-corrected chi connectivity index (χ2v) is 42.0. The first-order chi connectivity index (χ1) is 69.1. The zero-order valence-corrected chi connectivity index (χ0v) is 85.1. The Kier molecular flexibility index (Phi) is 19.9. The van der Waals surface area contributed by atoms with E-state index in [-0.39, 0.29) is 21.7 Å². The third-order valence-electron chi connectivity index (χ3n) is 33.2. The fourth-order valence-corrected chi connectivity index (χ4v) is 24.8. The summed E-state index contributed by atoms with van der Waals surface area (Å²) in [6.07, 6.45) is 14.8. The van der Waals surface area contributed by atoms with Gasteiger partial charge in [0.2, 0.25) is 0 Å². The van der Waals surface area contributed by atoms with Crippen LogP contribution in [0.2, 0.25) is 0 Å². The van der Waals surface area contributed by atoms with Crippen LogP contribution in [-0.2, 0) is 63.9 Å². The summed E-state index contributed by atoms with van der Waals surface area (Å²) in [6.45, 7) is 34.8. The van der Waals surface area contributed by atoms with Crippen molar-refractivity contribution in [3.63, 3.8) is 0 Å². The predicted octanol–water partition coefficient (Wildman–Crippen LogP) is 27.7. The highest BCUT2D eigenvalue weighted by Gasteiger charge is 2.54. The molecule has 0 saturated heterocycles. The fraction of sp³-hybridized carbons (Fsp3) is 0.209. The molecule has 2 aliphatic heterocycles. The molecule has 28 rings (SSSR count). The number of pyridine rings is 6. The monoisotopic (exact) mass is 1840 g/mol. The van der Waals surface area contributed by atoms with Crippen molar-refractivity contribution in [3.05, 3.63) is 407 Å². The summed E-state index contributed by atoms with van der Waals surface area (Å²) < 4.78 is 51.6. The molecule has 0 N–H and O–H groups in total. The number of imidazole rings is 6. The van der Waals surface area contributed by atoms with E-state index in [0.717, 1.165) is 32.9 Å². The molecular formula is C129H124N12+6. The van der Waals surface area contributed by atoms with E-state index in [1.807, 2.05) is 43.7 Å². The third-order valence-corrected chi connectivity index (χ3v) is 33.2. The zero-order chi connectivity index (χ0) is 100. The number of benzene rings is 14. The molecule has 12 nitrogen and oxygen atoms in total. The quantitative estimate of drug-likeness (QED) is 0.122. The molecule has 14 aromatic carbocycles. The van der Waals surface area contributed by atoms with Gasteiger partial charge in [0.1, 0.15) is 82.2 Å². The van der Waals surface area contributed by atoms with Crippen LogP contribution >= 0.6 is 0 Å². The Balaban J connectivity index is 0.0000000963. The van der Waals surface area contributed by atoms with Crippen molar-refractivity contribution in [2.75, 3.05) is 0 Å². The van der Waals surface area contributed by atoms with Crippen molar-refractivity contribution in [2.45, 2.75) is 139 Å². The Hall–Kier alpha value is -15.7. The van der Waals surface area contributed by atoms with Crippen LogP contribution in [0, 0.1) is 62.2 Å². The number of hydrogen-bond acceptors (Lipinski definition) is 0. The minimum atomic E-state index is -2.14. The Morgan fingerprint density at radius 2 is 0.660 bits per heavy atom. The van der Waals surface area contributed by atoms with Gasteiger partial charge in [-0.15, -0.1) is 0 Å². The number of nitrogens with zero attached hydrogens (tertiary/aromatic N) is 12. The molecule has 0 amide bonds. The molecule has 141 heavy (non-hydrogen) atoms. The first kappa shape index (κ1) is 85.7. The number of aryl methyl sites for hydroxylation is 14. The summed E-state index contributed by atoms with van der Waals surface area (Å²) in [5, 5.41) is 23.0. The Bertz CT molecular complexity index is 9940. The van der Waals surface area contributed by atoms with Crippen LogP contribution < -0.4 is 27.1 Å². The van der Waals surface area contributed by atoms with Crippen LogP contribution in [0.4, 0.5) is 0 Å². The Labute approximate surface area is 827 Å². The lowest BCUT2D eigenvalue weighted by Gasteiger charge is -2.43. The second-order valence-electron chi connectivity index (χ2n) is 42.0. The van der Waals surface area contributed by atoms with Crippen LogP contribution in [0.25, 0.3) is 186 Å². The molecule has 14 heterocycles. The highest BCUT2D eigenvalue weighted by Crippen LogP contribution is 2.55. The first-order valence-electron chi connectivity index (χ1n) is 51.1. The van der Waals surface area contributed by atoms with Gasteiger partial charge >= 0.3 is 0 Å². The lowest BCUT2D eigenvalue weighted by Crippen LogP contribution is -2.51. The molecule has 0 radical (unpaired) electrons. The van der Waals surface area contributed by atoms with Gasteiger partial charge in [0.15, 0.2) is 22.8 Å². The first-order valence-corrected chi connectivity index (χ1v) is 49.6. The predicted molar refractivity (Wildman–Crippen MR) is 587 cm³/mol. The molecule has 0 atom stereocenters. The van der Waals surface area contributed by atoms with Crippen molar-refractivity contribution in [1.82, 2.24) is 26.7 Å². The average molecular weight is 1850 g/mol. The van der Waals surface area contributed by atoms with E-state index in [1.54, 1.807) is 6.07 Å². The van der Waals surface area contributed by atoms with Crippen molar-refractivity contribution in [2.24, 2.45) is 42.3 Å². The normalized spacial score (nSPS) is 14.3. The van der Waals surface area contributed by atoms with Crippen molar-refractivity contribution >= 4 is 164 Å². The van der Waals surface area contributed by atoms with Gasteiger partial charge < -0.3 is 0 Å². The van der Waals surface area contributed by atoms with E-state index in [9.17, 15) is 0 Å². The third kappa shape index (κ3) is 12.9. The number of hydrogen-bond donors (Lipinski definition) is 0. The molecule has 0 aliphatic carbocycles. The lowest BCUT2D eigenvalue weighted by molar-refractivity contribution is -0.643.